The number of rotatable bonds is 4. The van der Waals surface area contributed by atoms with Crippen molar-refractivity contribution in [1.82, 2.24) is 24.7 Å². The summed E-state index contributed by atoms with van der Waals surface area (Å²) in [7, 11) is 0. The molecule has 3 aliphatic rings. The fraction of sp³-hybridized carbons (Fsp3) is 0.360. The zero-order valence-electron chi connectivity index (χ0n) is 20.2. The average Bonchev–Trinajstić information content (AvgIpc) is 3.15. The number of amides is 5. The van der Waals surface area contributed by atoms with E-state index in [1.807, 2.05) is 48.5 Å². The number of fused-ring (bicyclic) bond motifs is 1. The standard InChI is InChI=1S/C25H25Cl2N5O6/c26-18-5-1-16(2-6-18)21(17-3-7-19(27)8-4-17)28-9-11-29(12-10-28)25(37)38-32-22(33)20-15-30(24(35)36)13-14-31(20)23(32)34/h1-8,20-21H,9-15H2,(H,35,36). The van der Waals surface area contributed by atoms with Crippen LogP contribution in [0.5, 0.6) is 0 Å². The Bertz CT molecular complexity index is 1190. The minimum atomic E-state index is -1.17. The van der Waals surface area contributed by atoms with Gasteiger partial charge in [-0.25, -0.2) is 14.4 Å². The van der Waals surface area contributed by atoms with Crippen LogP contribution in [0.3, 0.4) is 0 Å². The summed E-state index contributed by atoms with van der Waals surface area (Å²) in [5.41, 5.74) is 2.07. The fourth-order valence-corrected chi connectivity index (χ4v) is 5.28. The van der Waals surface area contributed by atoms with Gasteiger partial charge in [0.1, 0.15) is 6.04 Å². The van der Waals surface area contributed by atoms with Crippen LogP contribution in [0.25, 0.3) is 0 Å². The molecule has 3 fully saturated rings. The van der Waals surface area contributed by atoms with E-state index < -0.39 is 30.2 Å². The molecule has 3 saturated heterocycles. The molecule has 1 atom stereocenters. The normalized spacial score (nSPS) is 20.2. The van der Waals surface area contributed by atoms with Gasteiger partial charge in [-0.3, -0.25) is 9.69 Å². The molecular formula is C25H25Cl2N5O6. The second-order valence-electron chi connectivity index (χ2n) is 9.24. The molecule has 0 aliphatic carbocycles. The number of hydrogen-bond acceptors (Lipinski definition) is 6. The predicted molar refractivity (Wildman–Crippen MR) is 137 cm³/mol. The van der Waals surface area contributed by atoms with Gasteiger partial charge in [-0.05, 0) is 35.4 Å². The van der Waals surface area contributed by atoms with Crippen molar-refractivity contribution < 1.29 is 29.1 Å². The smallest absolute Gasteiger partial charge is 0.434 e. The first-order valence-corrected chi connectivity index (χ1v) is 12.8. The molecule has 5 amide bonds. The molecule has 3 aliphatic heterocycles. The highest BCUT2D eigenvalue weighted by atomic mass is 35.5. The molecule has 11 nitrogen and oxygen atoms in total. The first kappa shape index (κ1) is 26.1. The maximum absolute atomic E-state index is 12.9. The third-order valence-electron chi connectivity index (χ3n) is 7.03. The van der Waals surface area contributed by atoms with Gasteiger partial charge >= 0.3 is 18.2 Å². The van der Waals surface area contributed by atoms with E-state index in [2.05, 4.69) is 4.90 Å². The quantitative estimate of drug-likeness (QED) is 0.569. The van der Waals surface area contributed by atoms with Crippen LogP contribution in [0.15, 0.2) is 48.5 Å². The number of piperazine rings is 2. The molecule has 1 N–H and O–H groups in total. The summed E-state index contributed by atoms with van der Waals surface area (Å²) in [4.78, 5) is 60.8. The molecule has 1 unspecified atom stereocenters. The summed E-state index contributed by atoms with van der Waals surface area (Å²) in [6, 6.07) is 13.3. The number of imide groups is 1. The summed E-state index contributed by atoms with van der Waals surface area (Å²) < 4.78 is 0. The number of carboxylic acid groups (broad SMARTS) is 1. The highest BCUT2D eigenvalue weighted by Crippen LogP contribution is 2.31. The lowest BCUT2D eigenvalue weighted by atomic mass is 9.96. The molecule has 0 bridgehead atoms. The average molecular weight is 562 g/mol. The van der Waals surface area contributed by atoms with Gasteiger partial charge in [0.2, 0.25) is 0 Å². The molecule has 0 saturated carbocycles. The molecule has 3 heterocycles. The van der Waals surface area contributed by atoms with Crippen molar-refractivity contribution in [2.75, 3.05) is 45.8 Å². The Balaban J connectivity index is 1.24. The Hall–Kier alpha value is -3.54. The molecule has 0 spiro atoms. The number of benzene rings is 2. The van der Waals surface area contributed by atoms with E-state index in [-0.39, 0.29) is 25.7 Å². The monoisotopic (exact) mass is 561 g/mol. The Morgan fingerprint density at radius 1 is 0.816 bits per heavy atom. The summed E-state index contributed by atoms with van der Waals surface area (Å²) in [6.45, 7) is 1.61. The van der Waals surface area contributed by atoms with Crippen molar-refractivity contribution >= 4 is 47.3 Å². The topological polar surface area (TPSA) is 114 Å². The Labute approximate surface area is 228 Å². The molecular weight excluding hydrogens is 537 g/mol. The van der Waals surface area contributed by atoms with Crippen LogP contribution in [0, 0.1) is 0 Å². The molecule has 5 rings (SSSR count). The first-order chi connectivity index (χ1) is 18.2. The van der Waals surface area contributed by atoms with Crippen LogP contribution in [-0.2, 0) is 9.63 Å². The molecule has 2 aromatic carbocycles. The van der Waals surface area contributed by atoms with Crippen LogP contribution in [-0.4, -0.2) is 106 Å². The van der Waals surface area contributed by atoms with Crippen LogP contribution in [0.1, 0.15) is 17.2 Å². The Kier molecular flexibility index (Phi) is 7.33. The maximum atomic E-state index is 12.9. The maximum Gasteiger partial charge on any atom is 0.434 e. The van der Waals surface area contributed by atoms with Crippen LogP contribution in [0.4, 0.5) is 14.4 Å². The molecule has 0 radical (unpaired) electrons. The fourth-order valence-electron chi connectivity index (χ4n) is 5.03. The van der Waals surface area contributed by atoms with E-state index in [9.17, 15) is 24.3 Å². The highest BCUT2D eigenvalue weighted by molar-refractivity contribution is 6.30. The van der Waals surface area contributed by atoms with Gasteiger partial charge in [-0.1, -0.05) is 52.5 Å². The number of halogens is 2. The van der Waals surface area contributed by atoms with E-state index in [1.54, 1.807) is 0 Å². The van der Waals surface area contributed by atoms with Gasteiger partial charge in [-0.2, -0.15) is 0 Å². The summed E-state index contributed by atoms with van der Waals surface area (Å²) in [6.07, 6.45) is -1.98. The number of nitrogens with zero attached hydrogens (tertiary/aromatic N) is 5. The van der Waals surface area contributed by atoms with Gasteiger partial charge in [0, 0.05) is 49.3 Å². The third-order valence-corrected chi connectivity index (χ3v) is 7.54. The lowest BCUT2D eigenvalue weighted by Crippen LogP contribution is -2.54. The van der Waals surface area contributed by atoms with Crippen molar-refractivity contribution in [3.63, 3.8) is 0 Å². The number of carbonyl (C=O) groups excluding carboxylic acids is 3. The second-order valence-corrected chi connectivity index (χ2v) is 10.1. The van der Waals surface area contributed by atoms with Crippen LogP contribution in [0.2, 0.25) is 10.0 Å². The van der Waals surface area contributed by atoms with Gasteiger partial charge < -0.3 is 24.6 Å². The molecule has 200 valence electrons. The van der Waals surface area contributed by atoms with Gasteiger partial charge in [-0.15, -0.1) is 0 Å². The zero-order valence-corrected chi connectivity index (χ0v) is 21.7. The summed E-state index contributed by atoms with van der Waals surface area (Å²) >= 11 is 12.2. The third kappa shape index (κ3) is 5.09. The Morgan fingerprint density at radius 2 is 1.34 bits per heavy atom. The van der Waals surface area contributed by atoms with E-state index in [0.29, 0.717) is 41.3 Å². The lowest BCUT2D eigenvalue weighted by molar-refractivity contribution is -0.152. The molecule has 2 aromatic rings. The number of carbonyl (C=O) groups is 4. The van der Waals surface area contributed by atoms with Crippen molar-refractivity contribution in [2.45, 2.75) is 12.1 Å². The lowest BCUT2D eigenvalue weighted by Gasteiger charge is -2.39. The van der Waals surface area contributed by atoms with Crippen molar-refractivity contribution in [2.24, 2.45) is 0 Å². The first-order valence-electron chi connectivity index (χ1n) is 12.1. The van der Waals surface area contributed by atoms with E-state index in [0.717, 1.165) is 16.0 Å². The molecule has 38 heavy (non-hydrogen) atoms. The molecule has 0 aromatic heterocycles. The van der Waals surface area contributed by atoms with Gasteiger partial charge in [0.05, 0.1) is 12.6 Å². The minimum absolute atomic E-state index is 0.0467. The van der Waals surface area contributed by atoms with Gasteiger partial charge in [0.25, 0.3) is 5.91 Å². The van der Waals surface area contributed by atoms with E-state index >= 15 is 0 Å². The van der Waals surface area contributed by atoms with Crippen molar-refractivity contribution in [1.29, 1.82) is 0 Å². The van der Waals surface area contributed by atoms with E-state index in [1.165, 1.54) is 9.80 Å². The van der Waals surface area contributed by atoms with Crippen LogP contribution < -0.4 is 0 Å². The summed E-state index contributed by atoms with van der Waals surface area (Å²) in [5.74, 6) is -0.751. The highest BCUT2D eigenvalue weighted by Gasteiger charge is 2.51. The second kappa shape index (κ2) is 10.7. The summed E-state index contributed by atoms with van der Waals surface area (Å²) in [5, 5.41) is 10.9. The van der Waals surface area contributed by atoms with Crippen molar-refractivity contribution in [3.05, 3.63) is 69.7 Å². The number of hydroxylamine groups is 2. The number of hydrogen-bond donors (Lipinski definition) is 1. The number of urea groups is 1. The zero-order chi connectivity index (χ0) is 27.0. The van der Waals surface area contributed by atoms with Gasteiger partial charge in [0.15, 0.2) is 0 Å². The van der Waals surface area contributed by atoms with E-state index in [4.69, 9.17) is 28.0 Å². The predicted octanol–water partition coefficient (Wildman–Crippen LogP) is 3.38. The minimum Gasteiger partial charge on any atom is -0.465 e. The molecule has 13 heteroatoms. The Morgan fingerprint density at radius 3 is 1.87 bits per heavy atom. The van der Waals surface area contributed by atoms with Crippen LogP contribution >= 0.6 is 23.2 Å². The SMILES string of the molecule is O=C(O)N1CCN2C(=O)N(OC(=O)N3CCN(C(c4ccc(Cl)cc4)c4ccc(Cl)cc4)CC3)C(=O)C2C1. The largest absolute Gasteiger partial charge is 0.465 e. The van der Waals surface area contributed by atoms with Crippen molar-refractivity contribution in [3.8, 4) is 0 Å².